The van der Waals surface area contributed by atoms with Crippen molar-refractivity contribution in [2.24, 2.45) is 5.73 Å². The van der Waals surface area contributed by atoms with E-state index in [0.717, 1.165) is 16.9 Å². The normalized spacial score (nSPS) is 15.1. The highest BCUT2D eigenvalue weighted by molar-refractivity contribution is 7.91. The van der Waals surface area contributed by atoms with Crippen LogP contribution in [0.25, 0.3) is 0 Å². The summed E-state index contributed by atoms with van der Waals surface area (Å²) in [7, 11) is -4.23. The Balaban J connectivity index is 1.61. The smallest absolute Gasteiger partial charge is 0.416 e. The quantitative estimate of drug-likeness (QED) is 0.345. The molecule has 1 saturated carbocycles. The molecule has 1 amide bonds. The van der Waals surface area contributed by atoms with Crippen LogP contribution in [0.3, 0.4) is 0 Å². The molecule has 0 saturated heterocycles. The number of aromatic nitrogens is 2. The van der Waals surface area contributed by atoms with Crippen molar-refractivity contribution >= 4 is 27.7 Å². The predicted molar refractivity (Wildman–Crippen MR) is 154 cm³/mol. The van der Waals surface area contributed by atoms with Gasteiger partial charge in [-0.15, -0.1) is 0 Å². The van der Waals surface area contributed by atoms with E-state index < -0.39 is 39.4 Å². The van der Waals surface area contributed by atoms with Gasteiger partial charge in [-0.05, 0) is 80.3 Å². The number of carboxylic acid groups (broad SMARTS) is 1. The van der Waals surface area contributed by atoms with Crippen molar-refractivity contribution in [2.75, 3.05) is 11.4 Å². The van der Waals surface area contributed by atoms with E-state index in [9.17, 15) is 23.1 Å². The molecule has 1 unspecified atom stereocenters. The summed E-state index contributed by atoms with van der Waals surface area (Å²) in [6, 6.07) is 15.9. The van der Waals surface area contributed by atoms with Crippen LogP contribution >= 0.6 is 0 Å². The number of nitrogens with two attached hydrogens (primary N) is 1. The van der Waals surface area contributed by atoms with Gasteiger partial charge in [-0.2, -0.15) is 0 Å². The summed E-state index contributed by atoms with van der Waals surface area (Å²) in [6.07, 6.45) is 4.26. The van der Waals surface area contributed by atoms with Crippen LogP contribution in [0.4, 0.5) is 10.6 Å². The number of carbonyl (C=O) groups is 2. The molecule has 1 aromatic carbocycles. The molecular weight excluding hydrogens is 544 g/mol. The van der Waals surface area contributed by atoms with Gasteiger partial charge in [0.15, 0.2) is 10.4 Å². The topological polar surface area (TPSA) is 153 Å². The van der Waals surface area contributed by atoms with E-state index in [1.807, 2.05) is 12.1 Å². The predicted octanol–water partition coefficient (Wildman–Crippen LogP) is 4.77. The highest BCUT2D eigenvalue weighted by Crippen LogP contribution is 2.50. The van der Waals surface area contributed by atoms with Crippen molar-refractivity contribution in [1.82, 2.24) is 9.97 Å². The Bertz CT molecular complexity index is 1530. The summed E-state index contributed by atoms with van der Waals surface area (Å²) in [5.74, 6) is -1.40. The molecule has 11 heteroatoms. The van der Waals surface area contributed by atoms with E-state index in [4.69, 9.17) is 10.5 Å². The fourth-order valence-corrected chi connectivity index (χ4v) is 6.13. The molecule has 0 radical (unpaired) electrons. The van der Waals surface area contributed by atoms with E-state index >= 15 is 0 Å². The number of nitrogens with zero attached hydrogens (tertiary/aromatic N) is 3. The molecule has 1 fully saturated rings. The first kappa shape index (κ1) is 30.1. The molecular formula is C30H36N4O6S. The van der Waals surface area contributed by atoms with Gasteiger partial charge in [0.2, 0.25) is 9.84 Å². The SMILES string of the molecule is CCC1(c2ccc(Cc3cccnc3S(=O)(=O)C(N)c3cccc(N(CC(=O)O)C(=O)OC(C)(C)C)n3)cc2)CC1. The van der Waals surface area contributed by atoms with Crippen LogP contribution in [-0.2, 0) is 31.2 Å². The average Bonchev–Trinajstić information content (AvgIpc) is 3.72. The van der Waals surface area contributed by atoms with Crippen LogP contribution in [0.1, 0.15) is 74.7 Å². The second kappa shape index (κ2) is 11.6. The lowest BCUT2D eigenvalue weighted by Gasteiger charge is -2.26. The lowest BCUT2D eigenvalue weighted by atomic mass is 9.92. The molecule has 0 spiro atoms. The number of aliphatic carboxylic acids is 1. The third-order valence-corrected chi connectivity index (χ3v) is 8.99. The van der Waals surface area contributed by atoms with Crippen LogP contribution in [0.5, 0.6) is 0 Å². The minimum absolute atomic E-state index is 0.0725. The van der Waals surface area contributed by atoms with Gasteiger partial charge in [0.1, 0.15) is 18.0 Å². The molecule has 41 heavy (non-hydrogen) atoms. The second-order valence-corrected chi connectivity index (χ2v) is 13.3. The van der Waals surface area contributed by atoms with Gasteiger partial charge in [-0.1, -0.05) is 43.3 Å². The lowest BCUT2D eigenvalue weighted by Crippen LogP contribution is -2.40. The van der Waals surface area contributed by atoms with E-state index in [2.05, 4.69) is 29.0 Å². The lowest BCUT2D eigenvalue weighted by molar-refractivity contribution is -0.135. The number of hydrogen-bond donors (Lipinski definition) is 2. The number of sulfone groups is 1. The Hall–Kier alpha value is -3.83. The van der Waals surface area contributed by atoms with Crippen LogP contribution in [0, 0.1) is 0 Å². The molecule has 2 aromatic heterocycles. The van der Waals surface area contributed by atoms with Gasteiger partial charge in [0.25, 0.3) is 0 Å². The Morgan fingerprint density at radius 3 is 2.37 bits per heavy atom. The number of benzene rings is 1. The second-order valence-electron chi connectivity index (χ2n) is 11.3. The highest BCUT2D eigenvalue weighted by Gasteiger charge is 2.42. The molecule has 3 N–H and O–H groups in total. The molecule has 1 aliphatic carbocycles. The van der Waals surface area contributed by atoms with Gasteiger partial charge in [0.05, 0.1) is 5.69 Å². The molecule has 10 nitrogen and oxygen atoms in total. The first-order valence-electron chi connectivity index (χ1n) is 13.5. The average molecular weight is 581 g/mol. The molecule has 1 aliphatic rings. The minimum Gasteiger partial charge on any atom is -0.480 e. The number of carboxylic acids is 1. The fourth-order valence-electron chi connectivity index (χ4n) is 4.73. The number of carbonyl (C=O) groups excluding carboxylic acids is 1. The first-order chi connectivity index (χ1) is 19.3. The molecule has 0 bridgehead atoms. The van der Waals surface area contributed by atoms with Gasteiger partial charge >= 0.3 is 12.1 Å². The molecule has 1 atom stereocenters. The third-order valence-electron chi connectivity index (χ3n) is 7.18. The summed E-state index contributed by atoms with van der Waals surface area (Å²) < 4.78 is 32.8. The summed E-state index contributed by atoms with van der Waals surface area (Å²) in [5, 5.41) is 7.58. The first-order valence-corrected chi connectivity index (χ1v) is 15.0. The van der Waals surface area contributed by atoms with Crippen LogP contribution in [0.2, 0.25) is 0 Å². The van der Waals surface area contributed by atoms with E-state index in [-0.39, 0.29) is 22.0 Å². The number of rotatable bonds is 10. The molecule has 4 rings (SSSR count). The molecule has 218 valence electrons. The maximum atomic E-state index is 13.7. The Morgan fingerprint density at radius 1 is 1.10 bits per heavy atom. The molecule has 0 aliphatic heterocycles. The zero-order valence-electron chi connectivity index (χ0n) is 23.7. The van der Waals surface area contributed by atoms with Crippen molar-refractivity contribution in [1.29, 1.82) is 0 Å². The van der Waals surface area contributed by atoms with Crippen molar-refractivity contribution < 1.29 is 27.9 Å². The van der Waals surface area contributed by atoms with Crippen molar-refractivity contribution in [3.8, 4) is 0 Å². The van der Waals surface area contributed by atoms with Crippen molar-refractivity contribution in [3.63, 3.8) is 0 Å². The summed E-state index contributed by atoms with van der Waals surface area (Å²) >= 11 is 0. The number of amides is 1. The van der Waals surface area contributed by atoms with Crippen molar-refractivity contribution in [2.45, 2.75) is 74.8 Å². The van der Waals surface area contributed by atoms with E-state index in [0.29, 0.717) is 12.0 Å². The minimum atomic E-state index is -4.23. The van der Waals surface area contributed by atoms with Crippen LogP contribution < -0.4 is 10.6 Å². The van der Waals surface area contributed by atoms with Gasteiger partial charge in [-0.25, -0.2) is 23.2 Å². The van der Waals surface area contributed by atoms with Gasteiger partial charge < -0.3 is 15.6 Å². The highest BCUT2D eigenvalue weighted by atomic mass is 32.2. The summed E-state index contributed by atoms with van der Waals surface area (Å²) in [4.78, 5) is 33.5. The fraction of sp³-hybridized carbons (Fsp3) is 0.400. The van der Waals surface area contributed by atoms with Crippen LogP contribution in [0.15, 0.2) is 65.8 Å². The third kappa shape index (κ3) is 6.91. The largest absolute Gasteiger partial charge is 0.480 e. The standard InChI is InChI=1S/C30H36N4O6S/c1-5-30(15-16-30)22-13-11-20(12-14-22)18-21-8-7-17-32-27(21)41(38,39)26(31)23-9-6-10-24(33-23)34(19-25(35)36)28(37)40-29(2,3)4/h6-14,17,26H,5,15-16,18-19,31H2,1-4H3,(H,35,36). The summed E-state index contributed by atoms with van der Waals surface area (Å²) in [6.45, 7) is 6.38. The Kier molecular flexibility index (Phi) is 8.51. The maximum absolute atomic E-state index is 13.7. The van der Waals surface area contributed by atoms with Gasteiger partial charge in [-0.3, -0.25) is 9.69 Å². The molecule has 2 heterocycles. The maximum Gasteiger partial charge on any atom is 0.416 e. The number of ether oxygens (including phenoxy) is 1. The molecule has 3 aromatic rings. The summed E-state index contributed by atoms with van der Waals surface area (Å²) in [5.41, 5.74) is 8.32. The number of anilines is 1. The Labute approximate surface area is 240 Å². The zero-order valence-corrected chi connectivity index (χ0v) is 24.5. The van der Waals surface area contributed by atoms with E-state index in [1.54, 1.807) is 32.9 Å². The van der Waals surface area contributed by atoms with Crippen molar-refractivity contribution in [3.05, 3.63) is 83.2 Å². The Morgan fingerprint density at radius 2 is 1.78 bits per heavy atom. The van der Waals surface area contributed by atoms with Crippen LogP contribution in [-0.4, -0.2) is 47.7 Å². The van der Waals surface area contributed by atoms with Gasteiger partial charge in [0, 0.05) is 12.6 Å². The zero-order chi connectivity index (χ0) is 30.0. The number of pyridine rings is 2. The van der Waals surface area contributed by atoms with E-state index in [1.165, 1.54) is 42.8 Å². The number of hydrogen-bond acceptors (Lipinski definition) is 8. The monoisotopic (exact) mass is 580 g/mol.